The molecule has 3 rings (SSSR count). The fourth-order valence-corrected chi connectivity index (χ4v) is 2.90. The van der Waals surface area contributed by atoms with Crippen molar-refractivity contribution >= 4 is 16.9 Å². The monoisotopic (exact) mass is 381 g/mol. The van der Waals surface area contributed by atoms with Gasteiger partial charge in [0.15, 0.2) is 11.5 Å². The molecule has 0 atom stereocenters. The highest BCUT2D eigenvalue weighted by atomic mass is 16.6. The van der Waals surface area contributed by atoms with E-state index in [2.05, 4.69) is 0 Å². The summed E-state index contributed by atoms with van der Waals surface area (Å²) in [4.78, 5) is 17.4. The number of esters is 1. The molecule has 0 N–H and O–H groups in total. The number of hydrogen-bond acceptors (Lipinski definition) is 6. The van der Waals surface area contributed by atoms with Crippen molar-refractivity contribution in [2.24, 2.45) is 0 Å². The fraction of sp³-hybridized carbons (Fsp3) is 0.273. The highest BCUT2D eigenvalue weighted by Gasteiger charge is 2.16. The van der Waals surface area contributed by atoms with Gasteiger partial charge in [0.25, 0.3) is 0 Å². The lowest BCUT2D eigenvalue weighted by Gasteiger charge is -2.12. The lowest BCUT2D eigenvalue weighted by Crippen LogP contribution is -2.11. The molecule has 0 spiro atoms. The molecule has 0 aliphatic carbocycles. The van der Waals surface area contributed by atoms with Gasteiger partial charge in [0.1, 0.15) is 6.61 Å². The Morgan fingerprint density at radius 3 is 2.50 bits per heavy atom. The lowest BCUT2D eigenvalue weighted by atomic mass is 10.0. The maximum atomic E-state index is 12.7. The van der Waals surface area contributed by atoms with Crippen LogP contribution in [0, 0.1) is 0 Å². The first-order valence-corrected chi connectivity index (χ1v) is 9.05. The largest absolute Gasteiger partial charge is 0.493 e. The van der Waals surface area contributed by atoms with E-state index in [0.717, 1.165) is 10.9 Å². The summed E-state index contributed by atoms with van der Waals surface area (Å²) in [5.41, 5.74) is 2.64. The molecule has 3 aromatic rings. The summed E-state index contributed by atoms with van der Waals surface area (Å²) < 4.78 is 21.3. The molecule has 0 aliphatic heterocycles. The van der Waals surface area contributed by atoms with Gasteiger partial charge in [-0.3, -0.25) is 0 Å². The number of aromatic nitrogens is 1. The van der Waals surface area contributed by atoms with Crippen molar-refractivity contribution in [1.82, 2.24) is 4.98 Å². The van der Waals surface area contributed by atoms with E-state index in [4.69, 9.17) is 23.9 Å². The second-order valence-electron chi connectivity index (χ2n) is 5.97. The Balaban J connectivity index is 2.01. The molecular weight excluding hydrogens is 358 g/mol. The average molecular weight is 381 g/mol. The first kappa shape index (κ1) is 19.6. The molecule has 2 aromatic carbocycles. The molecule has 0 saturated heterocycles. The number of rotatable bonds is 8. The van der Waals surface area contributed by atoms with E-state index in [9.17, 15) is 4.79 Å². The minimum atomic E-state index is -0.403. The van der Waals surface area contributed by atoms with Crippen molar-refractivity contribution in [1.29, 1.82) is 0 Å². The van der Waals surface area contributed by atoms with Crippen molar-refractivity contribution in [2.45, 2.75) is 6.92 Å². The Kier molecular flexibility index (Phi) is 6.45. The number of carbonyl (C=O) groups is 1. The predicted molar refractivity (Wildman–Crippen MR) is 107 cm³/mol. The summed E-state index contributed by atoms with van der Waals surface area (Å²) in [6.45, 7) is 3.05. The van der Waals surface area contributed by atoms with Gasteiger partial charge in [0.2, 0.25) is 0 Å². The van der Waals surface area contributed by atoms with Gasteiger partial charge in [-0.2, -0.15) is 0 Å². The summed E-state index contributed by atoms with van der Waals surface area (Å²) >= 11 is 0. The topological polar surface area (TPSA) is 66.9 Å². The Morgan fingerprint density at radius 1 is 0.964 bits per heavy atom. The summed E-state index contributed by atoms with van der Waals surface area (Å²) in [6, 6.07) is 14.8. The highest BCUT2D eigenvalue weighted by Crippen LogP contribution is 2.33. The van der Waals surface area contributed by atoms with Crippen LogP contribution in [-0.2, 0) is 9.47 Å². The number of para-hydroxylation sites is 1. The Hall–Kier alpha value is -3.12. The SMILES string of the molecule is CCOCCOC(=O)c1cc(-c2ccc(OC)c(OC)c2)nc2ccccc12. The number of nitrogens with zero attached hydrogens (tertiary/aromatic N) is 1. The van der Waals surface area contributed by atoms with Gasteiger partial charge in [-0.25, -0.2) is 9.78 Å². The molecule has 0 amide bonds. The lowest BCUT2D eigenvalue weighted by molar-refractivity contribution is 0.0337. The summed E-state index contributed by atoms with van der Waals surface area (Å²) in [5.74, 6) is 0.818. The van der Waals surface area contributed by atoms with Crippen LogP contribution >= 0.6 is 0 Å². The fourth-order valence-electron chi connectivity index (χ4n) is 2.90. The van der Waals surface area contributed by atoms with E-state index >= 15 is 0 Å². The van der Waals surface area contributed by atoms with Gasteiger partial charge >= 0.3 is 5.97 Å². The maximum Gasteiger partial charge on any atom is 0.338 e. The summed E-state index contributed by atoms with van der Waals surface area (Å²) in [7, 11) is 3.17. The van der Waals surface area contributed by atoms with E-state index in [-0.39, 0.29) is 6.61 Å². The number of hydrogen-bond donors (Lipinski definition) is 0. The maximum absolute atomic E-state index is 12.7. The van der Waals surface area contributed by atoms with Gasteiger partial charge in [-0.05, 0) is 37.3 Å². The zero-order valence-corrected chi connectivity index (χ0v) is 16.2. The molecule has 6 nitrogen and oxygen atoms in total. The Labute approximate surface area is 164 Å². The van der Waals surface area contributed by atoms with Crippen LogP contribution in [-0.4, -0.2) is 45.0 Å². The minimum absolute atomic E-state index is 0.203. The van der Waals surface area contributed by atoms with E-state index in [1.54, 1.807) is 20.3 Å². The van der Waals surface area contributed by atoms with Crippen LogP contribution in [0.3, 0.4) is 0 Å². The first-order valence-electron chi connectivity index (χ1n) is 9.05. The second-order valence-corrected chi connectivity index (χ2v) is 5.97. The molecule has 0 saturated carbocycles. The zero-order valence-electron chi connectivity index (χ0n) is 16.2. The van der Waals surface area contributed by atoms with E-state index in [1.807, 2.05) is 49.4 Å². The number of pyridine rings is 1. The first-order chi connectivity index (χ1) is 13.7. The molecule has 1 heterocycles. The third kappa shape index (κ3) is 4.23. The number of benzene rings is 2. The molecule has 0 radical (unpaired) electrons. The number of ether oxygens (including phenoxy) is 4. The molecule has 146 valence electrons. The average Bonchev–Trinajstić information content (AvgIpc) is 2.75. The van der Waals surface area contributed by atoms with Crippen LogP contribution in [0.5, 0.6) is 11.5 Å². The van der Waals surface area contributed by atoms with Crippen LogP contribution in [0.4, 0.5) is 0 Å². The molecular formula is C22H23NO5. The van der Waals surface area contributed by atoms with E-state index in [0.29, 0.717) is 41.5 Å². The molecule has 6 heteroatoms. The molecule has 0 bridgehead atoms. The molecule has 0 fully saturated rings. The molecule has 28 heavy (non-hydrogen) atoms. The summed E-state index contributed by atoms with van der Waals surface area (Å²) in [6.07, 6.45) is 0. The van der Waals surface area contributed by atoms with E-state index in [1.165, 1.54) is 0 Å². The standard InChI is InChI=1S/C22H23NO5/c1-4-27-11-12-28-22(24)17-14-19(23-18-8-6-5-7-16(17)18)15-9-10-20(25-2)21(13-15)26-3/h5-10,13-14H,4,11-12H2,1-3H3. The summed E-state index contributed by atoms with van der Waals surface area (Å²) in [5, 5.41) is 0.744. The zero-order chi connectivity index (χ0) is 19.9. The third-order valence-corrected chi connectivity index (χ3v) is 4.28. The number of carbonyl (C=O) groups excluding carboxylic acids is 1. The third-order valence-electron chi connectivity index (χ3n) is 4.28. The van der Waals surface area contributed by atoms with Gasteiger partial charge < -0.3 is 18.9 Å². The van der Waals surface area contributed by atoms with Crippen LogP contribution in [0.2, 0.25) is 0 Å². The van der Waals surface area contributed by atoms with Crippen LogP contribution in [0.1, 0.15) is 17.3 Å². The number of methoxy groups -OCH3 is 2. The quantitative estimate of drug-likeness (QED) is 0.432. The van der Waals surface area contributed by atoms with Gasteiger partial charge in [-0.1, -0.05) is 18.2 Å². The van der Waals surface area contributed by atoms with Crippen molar-refractivity contribution in [2.75, 3.05) is 34.0 Å². The van der Waals surface area contributed by atoms with Gasteiger partial charge in [0, 0.05) is 17.6 Å². The van der Waals surface area contributed by atoms with Crippen molar-refractivity contribution < 1.29 is 23.7 Å². The van der Waals surface area contributed by atoms with E-state index < -0.39 is 5.97 Å². The molecule has 1 aromatic heterocycles. The van der Waals surface area contributed by atoms with Crippen LogP contribution in [0.25, 0.3) is 22.2 Å². The van der Waals surface area contributed by atoms with Crippen molar-refractivity contribution in [3.8, 4) is 22.8 Å². The Bertz CT molecular complexity index is 970. The second kappa shape index (κ2) is 9.19. The Morgan fingerprint density at radius 2 is 1.75 bits per heavy atom. The molecule has 0 unspecified atom stereocenters. The minimum Gasteiger partial charge on any atom is -0.493 e. The normalized spacial score (nSPS) is 10.7. The van der Waals surface area contributed by atoms with Crippen molar-refractivity contribution in [3.05, 3.63) is 54.1 Å². The van der Waals surface area contributed by atoms with Crippen LogP contribution < -0.4 is 9.47 Å². The number of fused-ring (bicyclic) bond motifs is 1. The molecule has 0 aliphatic rings. The van der Waals surface area contributed by atoms with Crippen LogP contribution in [0.15, 0.2) is 48.5 Å². The highest BCUT2D eigenvalue weighted by molar-refractivity contribution is 6.04. The van der Waals surface area contributed by atoms with Gasteiger partial charge in [0.05, 0.1) is 37.6 Å². The predicted octanol–water partition coefficient (Wildman–Crippen LogP) is 4.11. The smallest absolute Gasteiger partial charge is 0.338 e. The van der Waals surface area contributed by atoms with Gasteiger partial charge in [-0.15, -0.1) is 0 Å². The van der Waals surface area contributed by atoms with Crippen molar-refractivity contribution in [3.63, 3.8) is 0 Å².